The van der Waals surface area contributed by atoms with Gasteiger partial charge in [-0.2, -0.15) is 0 Å². The summed E-state index contributed by atoms with van der Waals surface area (Å²) in [6.45, 7) is 20.3. The summed E-state index contributed by atoms with van der Waals surface area (Å²) in [6.07, 6.45) is 7.96. The normalized spacial score (nSPS) is 14.5. The highest BCUT2D eigenvalue weighted by Gasteiger charge is 2.39. The summed E-state index contributed by atoms with van der Waals surface area (Å²) in [4.78, 5) is 10.8. The molecule has 0 unspecified atom stereocenters. The minimum absolute atomic E-state index is 0.0459. The van der Waals surface area contributed by atoms with E-state index in [1.54, 1.807) is 0 Å². The summed E-state index contributed by atoms with van der Waals surface area (Å²) in [5.41, 5.74) is 0.514. The van der Waals surface area contributed by atoms with E-state index in [2.05, 4.69) is 74.5 Å². The van der Waals surface area contributed by atoms with Crippen LogP contribution >= 0.6 is 11.8 Å². The summed E-state index contributed by atoms with van der Waals surface area (Å²) in [7, 11) is 0. The van der Waals surface area contributed by atoms with Crippen molar-refractivity contribution in [2.75, 3.05) is 5.75 Å². The molecule has 0 atom stereocenters. The van der Waals surface area contributed by atoms with Gasteiger partial charge >= 0.3 is 5.97 Å². The zero-order valence-electron chi connectivity index (χ0n) is 16.7. The molecule has 0 fully saturated rings. The molecule has 0 saturated heterocycles. The Morgan fingerprint density at radius 2 is 1.57 bits per heavy atom. The third-order valence-corrected chi connectivity index (χ3v) is 6.68. The Hall–Kier alpha value is -0.440. The van der Waals surface area contributed by atoms with Crippen LogP contribution in [0.1, 0.15) is 81.6 Å². The lowest BCUT2D eigenvalue weighted by Crippen LogP contribution is -2.37. The summed E-state index contributed by atoms with van der Waals surface area (Å²) in [5, 5.41) is 8.92. The molecule has 0 amide bonds. The Morgan fingerprint density at radius 3 is 2.00 bits per heavy atom. The minimum Gasteiger partial charge on any atom is -0.481 e. The number of thioether (sulfide) groups is 1. The van der Waals surface area contributed by atoms with E-state index >= 15 is 0 Å². The van der Waals surface area contributed by atoms with Gasteiger partial charge in [-0.25, -0.2) is 0 Å². The first-order valence-corrected chi connectivity index (χ1v) is 9.66. The van der Waals surface area contributed by atoms with Gasteiger partial charge in [0.2, 0.25) is 0 Å². The molecule has 0 aromatic rings. The summed E-state index contributed by atoms with van der Waals surface area (Å²) in [6, 6.07) is 0. The second-order valence-electron chi connectivity index (χ2n) is 9.35. The van der Waals surface area contributed by atoms with Crippen LogP contribution < -0.4 is 0 Å². The molecule has 2 nitrogen and oxygen atoms in total. The van der Waals surface area contributed by atoms with Gasteiger partial charge in [-0.3, -0.25) is 4.79 Å². The number of aliphatic carboxylic acids is 1. The Labute approximate surface area is 148 Å². The van der Waals surface area contributed by atoms with Crippen LogP contribution in [0, 0.1) is 16.2 Å². The molecule has 0 heterocycles. The van der Waals surface area contributed by atoms with E-state index < -0.39 is 5.97 Å². The monoisotopic (exact) mass is 342 g/mol. The number of carboxylic acids is 1. The number of carboxylic acid groups (broad SMARTS) is 1. The molecule has 0 rings (SSSR count). The van der Waals surface area contributed by atoms with Crippen LogP contribution in [-0.2, 0) is 4.79 Å². The van der Waals surface area contributed by atoms with Gasteiger partial charge in [0.05, 0.1) is 5.75 Å². The van der Waals surface area contributed by atoms with Crippen LogP contribution in [0.25, 0.3) is 0 Å². The third kappa shape index (κ3) is 8.28. The molecule has 0 aliphatic carbocycles. The zero-order chi connectivity index (χ0) is 18.5. The van der Waals surface area contributed by atoms with Crippen molar-refractivity contribution >= 4 is 17.7 Å². The quantitative estimate of drug-likeness (QED) is 0.466. The van der Waals surface area contributed by atoms with Gasteiger partial charge in [0.25, 0.3) is 0 Å². The highest BCUT2D eigenvalue weighted by atomic mass is 32.2. The first kappa shape index (κ1) is 22.6. The number of allylic oxidation sites excluding steroid dienone is 2. The molecule has 0 radical (unpaired) electrons. The average molecular weight is 343 g/mol. The van der Waals surface area contributed by atoms with Gasteiger partial charge in [0.1, 0.15) is 0 Å². The molecule has 0 aromatic carbocycles. The fourth-order valence-corrected chi connectivity index (χ4v) is 3.62. The van der Waals surface area contributed by atoms with E-state index in [4.69, 9.17) is 5.11 Å². The van der Waals surface area contributed by atoms with E-state index in [0.29, 0.717) is 5.41 Å². The molecular formula is C20H38O2S. The van der Waals surface area contributed by atoms with E-state index in [0.717, 1.165) is 12.8 Å². The van der Waals surface area contributed by atoms with Crippen LogP contribution in [0.4, 0.5) is 0 Å². The number of hydrogen-bond acceptors (Lipinski definition) is 2. The molecule has 0 aliphatic heterocycles. The second-order valence-corrected chi connectivity index (χ2v) is 11.0. The highest BCUT2D eigenvalue weighted by molar-refractivity contribution is 8.01. The first-order chi connectivity index (χ1) is 10.1. The third-order valence-electron chi connectivity index (χ3n) is 5.36. The van der Waals surface area contributed by atoms with E-state index in [-0.39, 0.29) is 21.3 Å². The molecule has 3 heteroatoms. The van der Waals surface area contributed by atoms with Crippen molar-refractivity contribution in [2.45, 2.75) is 86.3 Å². The Morgan fingerprint density at radius 1 is 1.04 bits per heavy atom. The predicted octanol–water partition coefficient (Wildman–Crippen LogP) is 6.41. The Bertz CT molecular complexity index is 417. The standard InChI is InChI=1S/C20H38O2S/c1-10-17(2,3)12-11-13-18(4,5)19(6,7)15-20(8,9)23-14-16(21)22/h11,13H,10,12,14-15H2,1-9H3,(H,21,22). The van der Waals surface area contributed by atoms with Crippen LogP contribution in [0.15, 0.2) is 12.2 Å². The molecule has 136 valence electrons. The van der Waals surface area contributed by atoms with Crippen LogP contribution in [0.5, 0.6) is 0 Å². The maximum absolute atomic E-state index is 10.8. The van der Waals surface area contributed by atoms with Crippen molar-refractivity contribution < 1.29 is 9.90 Å². The molecule has 0 aromatic heterocycles. The van der Waals surface area contributed by atoms with Gasteiger partial charge in [-0.05, 0) is 29.1 Å². The second kappa shape index (κ2) is 8.09. The predicted molar refractivity (Wildman–Crippen MR) is 104 cm³/mol. The van der Waals surface area contributed by atoms with Gasteiger partial charge in [0, 0.05) is 4.75 Å². The molecule has 0 bridgehead atoms. The molecule has 23 heavy (non-hydrogen) atoms. The Balaban J connectivity index is 4.94. The van der Waals surface area contributed by atoms with Crippen molar-refractivity contribution in [3.63, 3.8) is 0 Å². The zero-order valence-corrected chi connectivity index (χ0v) is 17.6. The van der Waals surface area contributed by atoms with Gasteiger partial charge in [-0.15, -0.1) is 11.8 Å². The summed E-state index contributed by atoms with van der Waals surface area (Å²) >= 11 is 1.54. The molecular weight excluding hydrogens is 304 g/mol. The van der Waals surface area contributed by atoms with Gasteiger partial charge < -0.3 is 5.11 Å². The largest absolute Gasteiger partial charge is 0.481 e. The van der Waals surface area contributed by atoms with Crippen molar-refractivity contribution in [3.05, 3.63) is 12.2 Å². The molecule has 0 aliphatic rings. The molecule has 1 N–H and O–H groups in total. The van der Waals surface area contributed by atoms with E-state index in [9.17, 15) is 4.79 Å². The van der Waals surface area contributed by atoms with Crippen molar-refractivity contribution in [1.29, 1.82) is 0 Å². The fraction of sp³-hybridized carbons (Fsp3) is 0.850. The number of rotatable bonds is 10. The smallest absolute Gasteiger partial charge is 0.313 e. The molecule has 0 spiro atoms. The fourth-order valence-electron chi connectivity index (χ4n) is 2.64. The summed E-state index contributed by atoms with van der Waals surface area (Å²) in [5.74, 6) is -0.564. The summed E-state index contributed by atoms with van der Waals surface area (Å²) < 4.78 is -0.0459. The number of carbonyl (C=O) groups is 1. The molecule has 0 saturated carbocycles. The highest BCUT2D eigenvalue weighted by Crippen LogP contribution is 2.48. The van der Waals surface area contributed by atoms with Crippen molar-refractivity contribution in [2.24, 2.45) is 16.2 Å². The average Bonchev–Trinajstić information content (AvgIpc) is 2.34. The topological polar surface area (TPSA) is 37.3 Å². The van der Waals surface area contributed by atoms with E-state index in [1.807, 2.05) is 0 Å². The number of hydrogen-bond donors (Lipinski definition) is 1. The maximum atomic E-state index is 10.8. The van der Waals surface area contributed by atoms with Crippen LogP contribution in [0.3, 0.4) is 0 Å². The lowest BCUT2D eigenvalue weighted by Gasteiger charge is -2.44. The Kier molecular flexibility index (Phi) is 7.94. The SMILES string of the molecule is CCC(C)(C)CC=CC(C)(C)C(C)(C)CC(C)(C)SCC(=O)O. The van der Waals surface area contributed by atoms with E-state index in [1.165, 1.54) is 18.2 Å². The first-order valence-electron chi connectivity index (χ1n) is 8.68. The van der Waals surface area contributed by atoms with Gasteiger partial charge in [0.15, 0.2) is 0 Å². The lowest BCUT2D eigenvalue weighted by molar-refractivity contribution is -0.133. The van der Waals surface area contributed by atoms with Crippen molar-refractivity contribution in [1.82, 2.24) is 0 Å². The van der Waals surface area contributed by atoms with Crippen LogP contribution in [0.2, 0.25) is 0 Å². The van der Waals surface area contributed by atoms with Crippen LogP contribution in [-0.4, -0.2) is 21.6 Å². The minimum atomic E-state index is -0.734. The van der Waals surface area contributed by atoms with Crippen molar-refractivity contribution in [3.8, 4) is 0 Å². The van der Waals surface area contributed by atoms with Gasteiger partial charge in [-0.1, -0.05) is 80.9 Å². The lowest BCUT2D eigenvalue weighted by atomic mass is 9.64. The maximum Gasteiger partial charge on any atom is 0.313 e.